The molecule has 6 heteroatoms. The lowest BCUT2D eigenvalue weighted by molar-refractivity contribution is -0.117. The van der Waals surface area contributed by atoms with E-state index in [0.29, 0.717) is 22.9 Å². The molecule has 144 valence electrons. The molecule has 0 saturated heterocycles. The van der Waals surface area contributed by atoms with E-state index in [2.05, 4.69) is 12.2 Å². The fourth-order valence-corrected chi connectivity index (χ4v) is 5.74. The highest BCUT2D eigenvalue weighted by Gasteiger charge is 2.40. The van der Waals surface area contributed by atoms with Crippen LogP contribution in [-0.2, 0) is 4.79 Å². The van der Waals surface area contributed by atoms with Crippen molar-refractivity contribution in [3.63, 3.8) is 0 Å². The molecule has 1 aliphatic carbocycles. The zero-order chi connectivity index (χ0) is 19.1. The molecule has 2 nitrogen and oxygen atoms in total. The number of Topliss-reactive ketones (excluding diaryl/α,β-unsaturated/α-hetero) is 1. The number of thioether (sulfide) groups is 1. The fourth-order valence-electron chi connectivity index (χ4n) is 3.34. The van der Waals surface area contributed by atoms with Gasteiger partial charge in [-0.3, -0.25) is 0 Å². The number of hydrogen-bond acceptors (Lipinski definition) is 3. The lowest BCUT2D eigenvalue weighted by Gasteiger charge is -2.22. The molecule has 4 atom stereocenters. The second-order valence-electron chi connectivity index (χ2n) is 6.86. The van der Waals surface area contributed by atoms with Gasteiger partial charge in [0.1, 0.15) is 5.78 Å². The third-order valence-corrected chi connectivity index (χ3v) is 6.79. The van der Waals surface area contributed by atoms with Gasteiger partial charge in [0.05, 0.1) is 6.10 Å². The van der Waals surface area contributed by atoms with Crippen molar-refractivity contribution < 1.29 is 9.90 Å². The van der Waals surface area contributed by atoms with Crippen LogP contribution in [0.15, 0.2) is 35.2 Å². The minimum atomic E-state index is -0.379. The number of ketones is 1. The second-order valence-corrected chi connectivity index (χ2v) is 9.39. The van der Waals surface area contributed by atoms with E-state index in [1.165, 1.54) is 0 Å². The molecule has 0 aliphatic heterocycles. The third kappa shape index (κ3) is 7.09. The number of carbonyl (C=O) groups excluding carboxylic acids is 1. The number of allylic oxidation sites excluding steroid dienone is 2. The summed E-state index contributed by atoms with van der Waals surface area (Å²) in [5.74, 6) is 1.40. The van der Waals surface area contributed by atoms with Crippen molar-refractivity contribution >= 4 is 52.3 Å². The summed E-state index contributed by atoms with van der Waals surface area (Å²) in [7, 11) is 0. The van der Waals surface area contributed by atoms with Crippen molar-refractivity contribution in [2.24, 2.45) is 11.8 Å². The highest BCUT2D eigenvalue weighted by molar-refractivity contribution is 7.99. The maximum atomic E-state index is 11.0. The summed E-state index contributed by atoms with van der Waals surface area (Å²) in [6, 6.07) is 5.50. The lowest BCUT2D eigenvalue weighted by atomic mass is 9.93. The Morgan fingerprint density at radius 2 is 1.92 bits per heavy atom. The smallest absolute Gasteiger partial charge is 0.129 e. The zero-order valence-electron chi connectivity index (χ0n) is 14.8. The topological polar surface area (TPSA) is 37.3 Å². The van der Waals surface area contributed by atoms with Crippen LogP contribution in [-0.4, -0.2) is 28.1 Å². The number of benzene rings is 1. The highest BCUT2D eigenvalue weighted by atomic mass is 35.5. The summed E-state index contributed by atoms with van der Waals surface area (Å²) in [4.78, 5) is 12.0. The van der Waals surface area contributed by atoms with Crippen LogP contribution in [0, 0.1) is 11.8 Å². The summed E-state index contributed by atoms with van der Waals surface area (Å²) in [6.07, 6.45) is 7.80. The normalized spacial score (nSPS) is 25.9. The van der Waals surface area contributed by atoms with Gasteiger partial charge in [-0.15, -0.1) is 23.4 Å². The molecule has 26 heavy (non-hydrogen) atoms. The minimum Gasteiger partial charge on any atom is -0.393 e. The third-order valence-electron chi connectivity index (χ3n) is 4.73. The van der Waals surface area contributed by atoms with E-state index in [1.54, 1.807) is 24.8 Å². The van der Waals surface area contributed by atoms with Gasteiger partial charge in [0, 0.05) is 32.5 Å². The maximum absolute atomic E-state index is 11.0. The molecule has 1 fully saturated rings. The lowest BCUT2D eigenvalue weighted by Crippen LogP contribution is -2.22. The first-order valence-electron chi connectivity index (χ1n) is 8.92. The van der Waals surface area contributed by atoms with Gasteiger partial charge in [-0.25, -0.2) is 0 Å². The minimum absolute atomic E-state index is 0.0135. The number of aliphatic hydroxyl groups excluding tert-OH is 1. The van der Waals surface area contributed by atoms with Crippen molar-refractivity contribution in [3.05, 3.63) is 40.4 Å². The first kappa shape index (κ1) is 22.1. The molecule has 0 aromatic heterocycles. The molecule has 0 heterocycles. The summed E-state index contributed by atoms with van der Waals surface area (Å²) in [5.41, 5.74) is 0. The molecule has 0 unspecified atom stereocenters. The Morgan fingerprint density at radius 1 is 1.23 bits per heavy atom. The number of alkyl halides is 1. The summed E-state index contributed by atoms with van der Waals surface area (Å²) in [5, 5.41) is 11.6. The Kier molecular flexibility index (Phi) is 9.32. The van der Waals surface area contributed by atoms with E-state index in [4.69, 9.17) is 34.8 Å². The Labute approximate surface area is 175 Å². The van der Waals surface area contributed by atoms with Crippen molar-refractivity contribution in [1.29, 1.82) is 0 Å². The van der Waals surface area contributed by atoms with Gasteiger partial charge in [0.25, 0.3) is 0 Å². The van der Waals surface area contributed by atoms with E-state index in [9.17, 15) is 9.90 Å². The Hall–Kier alpha value is -0.190. The molecule has 2 rings (SSSR count). The average Bonchev–Trinajstić information content (AvgIpc) is 2.81. The number of halogens is 3. The molecule has 1 aromatic rings. The number of unbranched alkanes of at least 4 members (excludes halogenated alkanes) is 1. The van der Waals surface area contributed by atoms with Gasteiger partial charge >= 0.3 is 0 Å². The zero-order valence-corrected chi connectivity index (χ0v) is 17.9. The van der Waals surface area contributed by atoms with Crippen LogP contribution in [0.5, 0.6) is 0 Å². The SMILES string of the molecule is CC(=O)CCC/C=C\C[C@@H]1[C@@H](CSc2cc(Cl)cc(Cl)c2)[C@H](O)C[C@H]1Cl. The van der Waals surface area contributed by atoms with Crippen LogP contribution in [0.2, 0.25) is 10.0 Å². The number of carbonyl (C=O) groups is 1. The predicted molar refractivity (Wildman–Crippen MR) is 113 cm³/mol. The van der Waals surface area contributed by atoms with Crippen LogP contribution in [0.25, 0.3) is 0 Å². The van der Waals surface area contributed by atoms with E-state index < -0.39 is 0 Å². The molecule has 0 spiro atoms. The van der Waals surface area contributed by atoms with Crippen molar-refractivity contribution in [2.75, 3.05) is 5.75 Å². The Bertz CT molecular complexity index is 615. The standard InChI is InChI=1S/C20H25Cl3O2S/c1-13(24)6-4-2-3-5-7-17-18(20(25)11-19(17)23)12-26-16-9-14(21)8-15(22)10-16/h3,5,8-10,17-20,25H,2,4,6-7,11-12H2,1H3/b5-3-/t17-,18-,19-,20-/m1/s1. The highest BCUT2D eigenvalue weighted by Crippen LogP contribution is 2.41. The van der Waals surface area contributed by atoms with Gasteiger partial charge in [0.15, 0.2) is 0 Å². The largest absolute Gasteiger partial charge is 0.393 e. The average molecular weight is 436 g/mol. The molecule has 1 aromatic carbocycles. The predicted octanol–water partition coefficient (Wildman–Crippen LogP) is 6.40. The molecular weight excluding hydrogens is 411 g/mol. The molecule has 0 amide bonds. The van der Waals surface area contributed by atoms with E-state index in [1.807, 2.05) is 12.1 Å². The van der Waals surface area contributed by atoms with Crippen LogP contribution in [0.3, 0.4) is 0 Å². The van der Waals surface area contributed by atoms with Crippen LogP contribution in [0.4, 0.5) is 0 Å². The first-order chi connectivity index (χ1) is 12.4. The first-order valence-corrected chi connectivity index (χ1v) is 11.1. The molecule has 1 saturated carbocycles. The van der Waals surface area contributed by atoms with Gasteiger partial charge in [0.2, 0.25) is 0 Å². The van der Waals surface area contributed by atoms with Gasteiger partial charge in [-0.05, 0) is 62.6 Å². The number of hydrogen-bond donors (Lipinski definition) is 1. The number of aliphatic hydroxyl groups is 1. The van der Waals surface area contributed by atoms with Crippen LogP contribution < -0.4 is 0 Å². The van der Waals surface area contributed by atoms with Crippen LogP contribution >= 0.6 is 46.6 Å². The molecule has 1 N–H and O–H groups in total. The van der Waals surface area contributed by atoms with E-state index in [-0.39, 0.29) is 29.1 Å². The van der Waals surface area contributed by atoms with Gasteiger partial charge in [-0.1, -0.05) is 35.4 Å². The molecule has 0 radical (unpaired) electrons. The van der Waals surface area contributed by atoms with Crippen molar-refractivity contribution in [3.8, 4) is 0 Å². The monoisotopic (exact) mass is 434 g/mol. The van der Waals surface area contributed by atoms with Crippen LogP contribution in [0.1, 0.15) is 39.0 Å². The summed E-state index contributed by atoms with van der Waals surface area (Å²) >= 11 is 20.3. The van der Waals surface area contributed by atoms with E-state index >= 15 is 0 Å². The quantitative estimate of drug-likeness (QED) is 0.211. The van der Waals surface area contributed by atoms with Gasteiger partial charge < -0.3 is 9.90 Å². The van der Waals surface area contributed by atoms with Crippen molar-refractivity contribution in [1.82, 2.24) is 0 Å². The molecule has 1 aliphatic rings. The van der Waals surface area contributed by atoms with Gasteiger partial charge in [-0.2, -0.15) is 0 Å². The Morgan fingerprint density at radius 3 is 2.58 bits per heavy atom. The van der Waals surface area contributed by atoms with Crippen molar-refractivity contribution in [2.45, 2.75) is 55.4 Å². The fraction of sp³-hybridized carbons (Fsp3) is 0.550. The summed E-state index contributed by atoms with van der Waals surface area (Å²) < 4.78 is 0. The van der Waals surface area contributed by atoms with E-state index in [0.717, 1.165) is 29.9 Å². The maximum Gasteiger partial charge on any atom is 0.129 e. The number of rotatable bonds is 9. The molecule has 0 bridgehead atoms. The summed E-state index contributed by atoms with van der Waals surface area (Å²) in [6.45, 7) is 1.62. The Balaban J connectivity index is 1.88. The molecular formula is C20H25Cl3O2S. The second kappa shape index (κ2) is 11.0.